The molecule has 1 heterocycles. The van der Waals surface area contributed by atoms with Crippen molar-refractivity contribution < 1.29 is 9.72 Å². The van der Waals surface area contributed by atoms with E-state index in [0.29, 0.717) is 12.8 Å². The van der Waals surface area contributed by atoms with Crippen molar-refractivity contribution in [3.8, 4) is 0 Å². The smallest absolute Gasteiger partial charge is 0.269 e. The van der Waals surface area contributed by atoms with Crippen LogP contribution in [-0.2, 0) is 17.6 Å². The molecule has 1 aromatic rings. The van der Waals surface area contributed by atoms with E-state index in [1.54, 1.807) is 12.1 Å². The van der Waals surface area contributed by atoms with Crippen molar-refractivity contribution in [1.82, 2.24) is 5.32 Å². The van der Waals surface area contributed by atoms with Crippen molar-refractivity contribution in [3.63, 3.8) is 0 Å². The molecule has 2 aliphatic rings. The summed E-state index contributed by atoms with van der Waals surface area (Å²) in [5.41, 5.74) is 1.81. The van der Waals surface area contributed by atoms with E-state index in [-0.39, 0.29) is 21.9 Å². The monoisotopic (exact) mass is 232 g/mol. The van der Waals surface area contributed by atoms with Gasteiger partial charge in [-0.2, -0.15) is 0 Å². The quantitative estimate of drug-likeness (QED) is 0.584. The maximum atomic E-state index is 11.8. The first kappa shape index (κ1) is 10.3. The summed E-state index contributed by atoms with van der Waals surface area (Å²) in [6.07, 6.45) is 2.18. The zero-order chi connectivity index (χ0) is 12.0. The summed E-state index contributed by atoms with van der Waals surface area (Å²) in [5, 5.41) is 13.6. The molecule has 0 aromatic heterocycles. The van der Waals surface area contributed by atoms with E-state index in [9.17, 15) is 14.9 Å². The van der Waals surface area contributed by atoms with Gasteiger partial charge in [-0.05, 0) is 30.4 Å². The Morgan fingerprint density at radius 1 is 1.29 bits per heavy atom. The molecule has 1 unspecified atom stereocenters. The van der Waals surface area contributed by atoms with Crippen LogP contribution >= 0.6 is 0 Å². The van der Waals surface area contributed by atoms with Crippen LogP contribution in [0, 0.1) is 15.5 Å². The van der Waals surface area contributed by atoms with Crippen molar-refractivity contribution in [2.45, 2.75) is 19.3 Å². The zero-order valence-corrected chi connectivity index (χ0v) is 9.23. The average molecular weight is 232 g/mol. The maximum absolute atomic E-state index is 11.8. The van der Waals surface area contributed by atoms with E-state index in [0.717, 1.165) is 24.1 Å². The Labute approximate surface area is 98.0 Å². The molecule has 0 saturated carbocycles. The number of nitrogens with zero attached hydrogens (tertiary/aromatic N) is 1. The largest absolute Gasteiger partial charge is 0.356 e. The average Bonchev–Trinajstić information content (AvgIpc) is 2.82. The first-order valence-corrected chi connectivity index (χ1v) is 5.65. The fraction of sp³-hybridized carbons (Fsp3) is 0.417. The van der Waals surface area contributed by atoms with Gasteiger partial charge >= 0.3 is 0 Å². The van der Waals surface area contributed by atoms with Crippen LogP contribution in [-0.4, -0.2) is 17.4 Å². The summed E-state index contributed by atoms with van der Waals surface area (Å²) in [5.74, 6) is 0.0938. The summed E-state index contributed by atoms with van der Waals surface area (Å²) in [4.78, 5) is 22.2. The number of rotatable bonds is 1. The number of hydrogen-bond donors (Lipinski definition) is 1. The highest BCUT2D eigenvalue weighted by Crippen LogP contribution is 2.42. The first-order valence-electron chi connectivity index (χ1n) is 5.65. The lowest BCUT2D eigenvalue weighted by molar-refractivity contribution is -0.384. The number of nitrogens with one attached hydrogen (secondary N) is 1. The zero-order valence-electron chi connectivity index (χ0n) is 9.23. The van der Waals surface area contributed by atoms with Gasteiger partial charge in [0.1, 0.15) is 0 Å². The predicted octanol–water partition coefficient (Wildman–Crippen LogP) is 1.20. The van der Waals surface area contributed by atoms with Gasteiger partial charge in [-0.15, -0.1) is 0 Å². The number of fused-ring (bicyclic) bond motifs is 1. The van der Waals surface area contributed by atoms with Crippen LogP contribution in [0.4, 0.5) is 5.69 Å². The minimum atomic E-state index is -0.389. The number of hydrogen-bond acceptors (Lipinski definition) is 3. The van der Waals surface area contributed by atoms with Gasteiger partial charge in [-0.3, -0.25) is 14.9 Å². The van der Waals surface area contributed by atoms with Gasteiger partial charge in [0.05, 0.1) is 10.3 Å². The SMILES string of the molecule is O=C1NCCC12Cc1ccc([N+](=O)[O-])cc1C2. The molecule has 5 heteroatoms. The van der Waals surface area contributed by atoms with Crippen LogP contribution in [0.3, 0.4) is 0 Å². The van der Waals surface area contributed by atoms with Crippen LogP contribution in [0.15, 0.2) is 18.2 Å². The molecule has 1 N–H and O–H groups in total. The normalized spacial score (nSPS) is 26.0. The number of benzene rings is 1. The summed E-state index contributed by atoms with van der Waals surface area (Å²) in [6, 6.07) is 4.91. The Bertz CT molecular complexity index is 526. The lowest BCUT2D eigenvalue weighted by Gasteiger charge is -2.17. The number of nitro benzene ring substituents is 1. The lowest BCUT2D eigenvalue weighted by Crippen LogP contribution is -2.31. The van der Waals surface area contributed by atoms with Gasteiger partial charge in [-0.1, -0.05) is 6.07 Å². The highest BCUT2D eigenvalue weighted by Gasteiger charge is 2.46. The fourth-order valence-electron chi connectivity index (χ4n) is 2.91. The second-order valence-corrected chi connectivity index (χ2v) is 4.85. The molecule has 5 nitrogen and oxygen atoms in total. The highest BCUT2D eigenvalue weighted by atomic mass is 16.6. The first-order chi connectivity index (χ1) is 8.11. The van der Waals surface area contributed by atoms with Crippen molar-refractivity contribution in [2.75, 3.05) is 6.54 Å². The molecule has 17 heavy (non-hydrogen) atoms. The van der Waals surface area contributed by atoms with Gasteiger partial charge < -0.3 is 5.32 Å². The minimum absolute atomic E-state index is 0.0938. The second kappa shape index (κ2) is 3.29. The highest BCUT2D eigenvalue weighted by molar-refractivity contribution is 5.86. The molecule has 1 atom stereocenters. The predicted molar refractivity (Wildman–Crippen MR) is 60.6 cm³/mol. The Balaban J connectivity index is 1.98. The number of non-ortho nitro benzene ring substituents is 1. The summed E-state index contributed by atoms with van der Waals surface area (Å²) >= 11 is 0. The van der Waals surface area contributed by atoms with Crippen LogP contribution in [0.1, 0.15) is 17.5 Å². The molecule has 1 aliphatic heterocycles. The van der Waals surface area contributed by atoms with E-state index < -0.39 is 0 Å². The molecule has 1 fully saturated rings. The summed E-state index contributed by atoms with van der Waals surface area (Å²) in [7, 11) is 0. The Kier molecular flexibility index (Phi) is 1.98. The van der Waals surface area contributed by atoms with Gasteiger partial charge in [-0.25, -0.2) is 0 Å². The van der Waals surface area contributed by atoms with Crippen molar-refractivity contribution in [3.05, 3.63) is 39.4 Å². The molecule has 1 saturated heterocycles. The topological polar surface area (TPSA) is 72.2 Å². The van der Waals surface area contributed by atoms with Crippen LogP contribution < -0.4 is 5.32 Å². The van der Waals surface area contributed by atoms with Crippen molar-refractivity contribution in [1.29, 1.82) is 0 Å². The molecular formula is C12H12N2O3. The molecule has 1 aromatic carbocycles. The van der Waals surface area contributed by atoms with E-state index in [1.807, 2.05) is 0 Å². The van der Waals surface area contributed by atoms with Crippen LogP contribution in [0.5, 0.6) is 0 Å². The third kappa shape index (κ3) is 1.42. The molecule has 1 spiro atoms. The van der Waals surface area contributed by atoms with Crippen molar-refractivity contribution in [2.24, 2.45) is 5.41 Å². The molecule has 1 aliphatic carbocycles. The number of amides is 1. The second-order valence-electron chi connectivity index (χ2n) is 4.85. The van der Waals surface area contributed by atoms with Gasteiger partial charge in [0.2, 0.25) is 5.91 Å². The summed E-state index contributed by atoms with van der Waals surface area (Å²) < 4.78 is 0. The Morgan fingerprint density at radius 3 is 2.71 bits per heavy atom. The molecule has 1 amide bonds. The van der Waals surface area contributed by atoms with Crippen molar-refractivity contribution >= 4 is 11.6 Å². The maximum Gasteiger partial charge on any atom is 0.269 e. The lowest BCUT2D eigenvalue weighted by atomic mass is 9.83. The number of nitro groups is 1. The Hall–Kier alpha value is -1.91. The molecule has 0 bridgehead atoms. The molecule has 3 rings (SSSR count). The van der Waals surface area contributed by atoms with Gasteiger partial charge in [0.25, 0.3) is 5.69 Å². The van der Waals surface area contributed by atoms with E-state index in [1.165, 1.54) is 6.07 Å². The third-order valence-corrected chi connectivity index (χ3v) is 3.83. The molecule has 0 radical (unpaired) electrons. The summed E-state index contributed by atoms with van der Waals surface area (Å²) in [6.45, 7) is 0.717. The third-order valence-electron chi connectivity index (χ3n) is 3.83. The minimum Gasteiger partial charge on any atom is -0.356 e. The standard InChI is InChI=1S/C12H12N2O3/c15-11-12(3-4-13-11)6-8-1-2-10(14(16)17)5-9(8)7-12/h1-2,5H,3-4,6-7H2,(H,13,15). The Morgan fingerprint density at radius 2 is 2.06 bits per heavy atom. The van der Waals surface area contributed by atoms with Gasteiger partial charge in [0, 0.05) is 18.7 Å². The molecular weight excluding hydrogens is 220 g/mol. The van der Waals surface area contributed by atoms with E-state index >= 15 is 0 Å². The van der Waals surface area contributed by atoms with Gasteiger partial charge in [0.15, 0.2) is 0 Å². The number of carbonyl (C=O) groups excluding carboxylic acids is 1. The number of carbonyl (C=O) groups is 1. The van der Waals surface area contributed by atoms with E-state index in [2.05, 4.69) is 5.32 Å². The van der Waals surface area contributed by atoms with Crippen LogP contribution in [0.2, 0.25) is 0 Å². The van der Waals surface area contributed by atoms with Crippen LogP contribution in [0.25, 0.3) is 0 Å². The fourth-order valence-corrected chi connectivity index (χ4v) is 2.91. The molecule has 88 valence electrons. The van der Waals surface area contributed by atoms with E-state index in [4.69, 9.17) is 0 Å².